The van der Waals surface area contributed by atoms with Crippen LogP contribution in [0.4, 0.5) is 10.1 Å². The quantitative estimate of drug-likeness (QED) is 0.832. The molecule has 1 aromatic rings. The molecular weight excluding hydrogens is 279 g/mol. The van der Waals surface area contributed by atoms with E-state index in [1.807, 2.05) is 6.07 Å². The van der Waals surface area contributed by atoms with Gasteiger partial charge in [0.15, 0.2) is 0 Å². The molecule has 0 saturated carbocycles. The maximum absolute atomic E-state index is 14.0. The second-order valence-electron chi connectivity index (χ2n) is 4.97. The van der Waals surface area contributed by atoms with Crippen molar-refractivity contribution in [2.75, 3.05) is 29.6 Å². The molecule has 2 amide bonds. The van der Waals surface area contributed by atoms with Crippen molar-refractivity contribution in [1.29, 1.82) is 0 Å². The maximum Gasteiger partial charge on any atom is 0.246 e. The highest BCUT2D eigenvalue weighted by atomic mass is 32.2. The number of rotatable bonds is 2. The van der Waals surface area contributed by atoms with Crippen molar-refractivity contribution in [1.82, 2.24) is 4.90 Å². The molecule has 6 heteroatoms. The minimum Gasteiger partial charge on any atom is -0.323 e. The molecule has 1 fully saturated rings. The van der Waals surface area contributed by atoms with E-state index in [4.69, 9.17) is 0 Å². The number of benzene rings is 1. The van der Waals surface area contributed by atoms with Gasteiger partial charge in [0.1, 0.15) is 12.4 Å². The number of nitrogens with zero attached hydrogens (tertiary/aromatic N) is 2. The van der Waals surface area contributed by atoms with Gasteiger partial charge >= 0.3 is 0 Å². The van der Waals surface area contributed by atoms with Crippen molar-refractivity contribution < 1.29 is 14.0 Å². The Labute approximate surface area is 120 Å². The third-order valence-electron chi connectivity index (χ3n) is 3.62. The van der Waals surface area contributed by atoms with Gasteiger partial charge in [-0.1, -0.05) is 12.1 Å². The Morgan fingerprint density at radius 2 is 2.25 bits per heavy atom. The first-order valence-corrected chi connectivity index (χ1v) is 7.75. The summed E-state index contributed by atoms with van der Waals surface area (Å²) in [4.78, 5) is 27.0. The molecule has 2 heterocycles. The Hall–Kier alpha value is -1.56. The molecule has 1 aromatic carbocycles. The van der Waals surface area contributed by atoms with Crippen molar-refractivity contribution in [2.24, 2.45) is 0 Å². The number of hydrogen-bond acceptors (Lipinski definition) is 3. The molecule has 0 atom stereocenters. The fraction of sp³-hybridized carbons (Fsp3) is 0.429. The normalized spacial score (nSPS) is 18.4. The van der Waals surface area contributed by atoms with Crippen LogP contribution in [0.15, 0.2) is 18.2 Å². The van der Waals surface area contributed by atoms with Crippen LogP contribution in [-0.2, 0) is 16.0 Å². The zero-order valence-electron chi connectivity index (χ0n) is 11.0. The first kappa shape index (κ1) is 13.4. The molecule has 3 rings (SSSR count). The average molecular weight is 294 g/mol. The van der Waals surface area contributed by atoms with E-state index in [-0.39, 0.29) is 24.2 Å². The number of hydrogen-bond donors (Lipinski definition) is 0. The minimum atomic E-state index is -0.363. The number of thioether (sulfide) groups is 1. The second-order valence-corrected chi connectivity index (χ2v) is 5.92. The van der Waals surface area contributed by atoms with Gasteiger partial charge in [-0.3, -0.25) is 9.59 Å². The smallest absolute Gasteiger partial charge is 0.246 e. The Morgan fingerprint density at radius 1 is 1.40 bits per heavy atom. The lowest BCUT2D eigenvalue weighted by atomic mass is 10.0. The lowest BCUT2D eigenvalue weighted by molar-refractivity contribution is -0.131. The molecule has 0 aromatic heterocycles. The van der Waals surface area contributed by atoms with Gasteiger partial charge in [0.25, 0.3) is 0 Å². The van der Waals surface area contributed by atoms with E-state index in [1.54, 1.807) is 6.07 Å². The van der Waals surface area contributed by atoms with Crippen molar-refractivity contribution in [3.8, 4) is 0 Å². The summed E-state index contributed by atoms with van der Waals surface area (Å²) in [6.07, 6.45) is 1.61. The summed E-state index contributed by atoms with van der Waals surface area (Å²) in [5.41, 5.74) is 1.26. The van der Waals surface area contributed by atoms with Crippen LogP contribution in [-0.4, -0.2) is 41.4 Å². The molecule has 0 spiro atoms. The standard InChI is InChI=1S/C14H15FN2O2S/c15-11-5-1-3-10-4-2-6-17(14(10)11)12(18)7-16-9-20-8-13(16)19/h1,3,5H,2,4,6-9H2. The fourth-order valence-corrected chi connectivity index (χ4v) is 3.55. The van der Waals surface area contributed by atoms with Gasteiger partial charge in [-0.2, -0.15) is 0 Å². The van der Waals surface area contributed by atoms with Gasteiger partial charge < -0.3 is 9.80 Å². The van der Waals surface area contributed by atoms with E-state index < -0.39 is 0 Å². The van der Waals surface area contributed by atoms with E-state index in [0.717, 1.165) is 18.4 Å². The highest BCUT2D eigenvalue weighted by molar-refractivity contribution is 8.00. The SMILES string of the molecule is O=C1CSCN1CC(=O)N1CCCc2cccc(F)c21. The number of para-hydroxylation sites is 1. The minimum absolute atomic E-state index is 0.0193. The van der Waals surface area contributed by atoms with Crippen molar-refractivity contribution in [3.63, 3.8) is 0 Å². The van der Waals surface area contributed by atoms with Gasteiger partial charge in [-0.05, 0) is 24.5 Å². The number of carbonyl (C=O) groups excluding carboxylic acids is 2. The number of amides is 2. The van der Waals surface area contributed by atoms with E-state index >= 15 is 0 Å². The summed E-state index contributed by atoms with van der Waals surface area (Å²) in [6, 6.07) is 4.90. The predicted octanol–water partition coefficient (Wildman–Crippen LogP) is 1.64. The van der Waals surface area contributed by atoms with Crippen LogP contribution in [0.25, 0.3) is 0 Å². The zero-order valence-corrected chi connectivity index (χ0v) is 11.8. The maximum atomic E-state index is 14.0. The lowest BCUT2D eigenvalue weighted by Gasteiger charge is -2.31. The summed E-state index contributed by atoms with van der Waals surface area (Å²) in [7, 11) is 0. The third kappa shape index (κ3) is 2.40. The molecule has 0 aliphatic carbocycles. The highest BCUT2D eigenvalue weighted by Gasteiger charge is 2.29. The molecule has 0 bridgehead atoms. The molecule has 20 heavy (non-hydrogen) atoms. The number of fused-ring (bicyclic) bond motifs is 1. The van der Waals surface area contributed by atoms with Gasteiger partial charge in [0.2, 0.25) is 11.8 Å². The van der Waals surface area contributed by atoms with Crippen LogP contribution >= 0.6 is 11.8 Å². The van der Waals surface area contributed by atoms with Crippen molar-refractivity contribution in [3.05, 3.63) is 29.6 Å². The van der Waals surface area contributed by atoms with Crippen molar-refractivity contribution in [2.45, 2.75) is 12.8 Å². The number of halogens is 1. The largest absolute Gasteiger partial charge is 0.323 e. The highest BCUT2D eigenvalue weighted by Crippen LogP contribution is 2.30. The number of carbonyl (C=O) groups is 2. The van der Waals surface area contributed by atoms with E-state index in [2.05, 4.69) is 0 Å². The van der Waals surface area contributed by atoms with Gasteiger partial charge in [0, 0.05) is 6.54 Å². The number of anilines is 1. The molecule has 0 radical (unpaired) electrons. The summed E-state index contributed by atoms with van der Waals surface area (Å²) < 4.78 is 14.0. The Balaban J connectivity index is 1.81. The average Bonchev–Trinajstić information content (AvgIpc) is 2.84. The Morgan fingerprint density at radius 3 is 3.00 bits per heavy atom. The molecule has 4 nitrogen and oxygen atoms in total. The number of aryl methyl sites for hydroxylation is 1. The Kier molecular flexibility index (Phi) is 3.65. The first-order valence-electron chi connectivity index (χ1n) is 6.60. The molecule has 1 saturated heterocycles. The van der Waals surface area contributed by atoms with Gasteiger partial charge in [0.05, 0.1) is 17.3 Å². The molecule has 0 unspecified atom stereocenters. The van der Waals surface area contributed by atoms with Crippen LogP contribution in [0.1, 0.15) is 12.0 Å². The predicted molar refractivity (Wildman–Crippen MR) is 76.1 cm³/mol. The van der Waals surface area contributed by atoms with Crippen LogP contribution in [0.5, 0.6) is 0 Å². The van der Waals surface area contributed by atoms with Crippen LogP contribution < -0.4 is 4.90 Å². The molecule has 106 valence electrons. The summed E-state index contributed by atoms with van der Waals surface area (Å²) in [5.74, 6) is 0.388. The second kappa shape index (κ2) is 5.44. The fourth-order valence-electron chi connectivity index (χ4n) is 2.64. The molecule has 2 aliphatic heterocycles. The van der Waals surface area contributed by atoms with Gasteiger partial charge in [-0.25, -0.2) is 4.39 Å². The van der Waals surface area contributed by atoms with E-state index in [0.29, 0.717) is 23.9 Å². The third-order valence-corrected chi connectivity index (χ3v) is 4.57. The monoisotopic (exact) mass is 294 g/mol. The summed E-state index contributed by atoms with van der Waals surface area (Å²) in [6.45, 7) is 0.557. The topological polar surface area (TPSA) is 40.6 Å². The van der Waals surface area contributed by atoms with Crippen LogP contribution in [0, 0.1) is 5.82 Å². The van der Waals surface area contributed by atoms with Gasteiger partial charge in [-0.15, -0.1) is 11.8 Å². The van der Waals surface area contributed by atoms with E-state index in [1.165, 1.54) is 27.6 Å². The zero-order chi connectivity index (χ0) is 14.1. The lowest BCUT2D eigenvalue weighted by Crippen LogP contribution is -2.43. The van der Waals surface area contributed by atoms with E-state index in [9.17, 15) is 14.0 Å². The van der Waals surface area contributed by atoms with Crippen LogP contribution in [0.2, 0.25) is 0 Å². The Bertz CT molecular complexity index is 564. The van der Waals surface area contributed by atoms with Crippen LogP contribution in [0.3, 0.4) is 0 Å². The summed E-state index contributed by atoms with van der Waals surface area (Å²) in [5, 5.41) is 0. The van der Waals surface area contributed by atoms with Crippen molar-refractivity contribution >= 4 is 29.3 Å². The summed E-state index contributed by atoms with van der Waals surface area (Å²) >= 11 is 1.50. The first-order chi connectivity index (χ1) is 9.66. The molecule has 0 N–H and O–H groups in total. The molecular formula is C14H15FN2O2S. The molecule has 2 aliphatic rings.